The molecule has 1 N–H and O–H groups in total. The molecule has 2 unspecified atom stereocenters. The first kappa shape index (κ1) is 23.7. The Bertz CT molecular complexity index is 454. The van der Waals surface area contributed by atoms with Crippen molar-refractivity contribution in [3.8, 4) is 0 Å². The second-order valence-electron chi connectivity index (χ2n) is 10.5. The van der Waals surface area contributed by atoms with Crippen molar-refractivity contribution in [1.29, 1.82) is 0 Å². The Morgan fingerprint density at radius 1 is 1.04 bits per heavy atom. The fourth-order valence-electron chi connectivity index (χ4n) is 5.01. The zero-order chi connectivity index (χ0) is 20.6. The monoisotopic (exact) mass is 394 g/mol. The lowest BCUT2D eigenvalue weighted by Crippen LogP contribution is -2.47. The first-order valence-electron chi connectivity index (χ1n) is 12.0. The second kappa shape index (κ2) is 11.5. The fourth-order valence-corrected chi connectivity index (χ4v) is 5.01. The van der Waals surface area contributed by atoms with Gasteiger partial charge in [0.2, 0.25) is 5.91 Å². The molecule has 2 atom stereocenters. The summed E-state index contributed by atoms with van der Waals surface area (Å²) in [5.74, 6) is 1.09. The van der Waals surface area contributed by atoms with Crippen molar-refractivity contribution in [3.63, 3.8) is 0 Å². The summed E-state index contributed by atoms with van der Waals surface area (Å²) in [6.07, 6.45) is 13.4. The van der Waals surface area contributed by atoms with Crippen LogP contribution in [0.3, 0.4) is 0 Å². The van der Waals surface area contributed by atoms with Gasteiger partial charge in [-0.05, 0) is 57.5 Å². The van der Waals surface area contributed by atoms with E-state index in [1.54, 1.807) is 0 Å². The van der Waals surface area contributed by atoms with Gasteiger partial charge in [-0.25, -0.2) is 0 Å². The Kier molecular flexibility index (Phi) is 9.76. The van der Waals surface area contributed by atoms with E-state index < -0.39 is 0 Å². The van der Waals surface area contributed by atoms with Gasteiger partial charge in [0.15, 0.2) is 0 Å². The number of aliphatic hydroxyl groups excluding tert-OH is 1. The molecule has 0 aromatic carbocycles. The lowest BCUT2D eigenvalue weighted by molar-refractivity contribution is -0.142. The van der Waals surface area contributed by atoms with E-state index in [0.29, 0.717) is 24.6 Å². The third kappa shape index (κ3) is 7.33. The van der Waals surface area contributed by atoms with E-state index in [1.165, 1.54) is 57.8 Å². The highest BCUT2D eigenvalue weighted by molar-refractivity contribution is 5.81. The average Bonchev–Trinajstić information content (AvgIpc) is 2.67. The van der Waals surface area contributed by atoms with E-state index in [0.717, 1.165) is 38.4 Å². The summed E-state index contributed by atoms with van der Waals surface area (Å²) in [4.78, 5) is 17.7. The molecule has 4 heteroatoms. The van der Waals surface area contributed by atoms with Crippen LogP contribution in [0.2, 0.25) is 0 Å². The zero-order valence-corrected chi connectivity index (χ0v) is 19.1. The van der Waals surface area contributed by atoms with Gasteiger partial charge in [0, 0.05) is 24.0 Å². The molecule has 2 aliphatic rings. The molecular formula is C24H46N2O2. The molecule has 0 aromatic rings. The van der Waals surface area contributed by atoms with Crippen LogP contribution < -0.4 is 0 Å². The predicted octanol–water partition coefficient (Wildman–Crippen LogP) is 4.85. The van der Waals surface area contributed by atoms with Gasteiger partial charge in [-0.15, -0.1) is 0 Å². The van der Waals surface area contributed by atoms with Gasteiger partial charge in [0.25, 0.3) is 0 Å². The minimum atomic E-state index is -0.276. The van der Waals surface area contributed by atoms with E-state index in [1.807, 2.05) is 0 Å². The number of hydrogen-bond donors (Lipinski definition) is 1. The summed E-state index contributed by atoms with van der Waals surface area (Å²) in [5, 5.41) is 9.64. The van der Waals surface area contributed by atoms with Crippen LogP contribution in [-0.2, 0) is 4.79 Å². The van der Waals surface area contributed by atoms with E-state index in [4.69, 9.17) is 0 Å². The van der Waals surface area contributed by atoms with Crippen molar-refractivity contribution in [3.05, 3.63) is 0 Å². The summed E-state index contributed by atoms with van der Waals surface area (Å²) in [6.45, 7) is 12.0. The van der Waals surface area contributed by atoms with Crippen molar-refractivity contribution in [2.45, 2.75) is 110 Å². The van der Waals surface area contributed by atoms with Crippen LogP contribution in [0.4, 0.5) is 0 Å². The summed E-state index contributed by atoms with van der Waals surface area (Å²) in [7, 11) is 0. The first-order valence-corrected chi connectivity index (χ1v) is 12.0. The van der Waals surface area contributed by atoms with Crippen molar-refractivity contribution in [2.75, 3.05) is 26.2 Å². The highest BCUT2D eigenvalue weighted by Gasteiger charge is 2.32. The first-order chi connectivity index (χ1) is 13.3. The van der Waals surface area contributed by atoms with E-state index in [2.05, 4.69) is 37.5 Å². The molecule has 28 heavy (non-hydrogen) atoms. The van der Waals surface area contributed by atoms with Crippen LogP contribution in [-0.4, -0.2) is 59.1 Å². The van der Waals surface area contributed by atoms with Crippen LogP contribution in [0, 0.1) is 11.3 Å². The molecule has 1 heterocycles. The molecule has 164 valence electrons. The van der Waals surface area contributed by atoms with Crippen molar-refractivity contribution < 1.29 is 9.90 Å². The Morgan fingerprint density at radius 3 is 2.36 bits per heavy atom. The van der Waals surface area contributed by atoms with E-state index in [9.17, 15) is 9.90 Å². The minimum absolute atomic E-state index is 0.276. The Hall–Kier alpha value is -0.610. The minimum Gasteiger partial charge on any atom is -0.395 e. The summed E-state index contributed by atoms with van der Waals surface area (Å²) >= 11 is 0. The van der Waals surface area contributed by atoms with Gasteiger partial charge in [-0.3, -0.25) is 9.69 Å². The van der Waals surface area contributed by atoms with Crippen LogP contribution in [0.15, 0.2) is 0 Å². The smallest absolute Gasteiger partial charge is 0.228 e. The van der Waals surface area contributed by atoms with Gasteiger partial charge >= 0.3 is 0 Å². The number of carbonyl (C=O) groups is 1. The molecule has 0 spiro atoms. The molecule has 1 saturated heterocycles. The fraction of sp³-hybridized carbons (Fsp3) is 0.958. The topological polar surface area (TPSA) is 43.8 Å². The van der Waals surface area contributed by atoms with Gasteiger partial charge in [0.1, 0.15) is 0 Å². The number of amides is 1. The van der Waals surface area contributed by atoms with Crippen molar-refractivity contribution >= 4 is 5.91 Å². The number of piperidine rings is 1. The maximum atomic E-state index is 13.0. The number of likely N-dealkylation sites (tertiary alicyclic amines) is 1. The normalized spacial score (nSPS) is 25.0. The van der Waals surface area contributed by atoms with Crippen LogP contribution >= 0.6 is 0 Å². The molecule has 0 radical (unpaired) electrons. The number of aliphatic hydroxyl groups is 1. The maximum Gasteiger partial charge on any atom is 0.228 e. The number of nitrogens with zero attached hydrogens (tertiary/aromatic N) is 2. The van der Waals surface area contributed by atoms with Gasteiger partial charge < -0.3 is 10.0 Å². The number of unbranched alkanes of at least 4 members (excludes halogenated alkanes) is 3. The quantitative estimate of drug-likeness (QED) is 0.569. The summed E-state index contributed by atoms with van der Waals surface area (Å²) in [6, 6.07) is 0.844. The van der Waals surface area contributed by atoms with Crippen LogP contribution in [0.1, 0.15) is 98.3 Å². The lowest BCUT2D eigenvalue weighted by Gasteiger charge is -2.38. The molecule has 0 aromatic heterocycles. The number of hydrogen-bond acceptors (Lipinski definition) is 3. The molecule has 2 rings (SSSR count). The van der Waals surface area contributed by atoms with E-state index in [-0.39, 0.29) is 5.41 Å². The molecular weight excluding hydrogens is 348 g/mol. The second-order valence-corrected chi connectivity index (χ2v) is 10.5. The lowest BCUT2D eigenvalue weighted by atomic mass is 9.89. The molecule has 1 saturated carbocycles. The SMILES string of the molecule is CC1CCN(CCCCCCN(C(=O)C(C)(C)C)C2CCCCC2)C(CO)C1. The molecule has 1 amide bonds. The Labute approximate surface area is 174 Å². The third-order valence-electron chi connectivity index (χ3n) is 6.82. The molecule has 1 aliphatic heterocycles. The highest BCUT2D eigenvalue weighted by atomic mass is 16.3. The van der Waals surface area contributed by atoms with Crippen LogP contribution in [0.25, 0.3) is 0 Å². The van der Waals surface area contributed by atoms with Gasteiger partial charge in [-0.2, -0.15) is 0 Å². The molecule has 4 nitrogen and oxygen atoms in total. The summed E-state index contributed by atoms with van der Waals surface area (Å²) < 4.78 is 0. The Balaban J connectivity index is 1.71. The Morgan fingerprint density at radius 2 is 1.71 bits per heavy atom. The zero-order valence-electron chi connectivity index (χ0n) is 19.1. The van der Waals surface area contributed by atoms with Crippen molar-refractivity contribution in [2.24, 2.45) is 11.3 Å². The molecule has 2 fully saturated rings. The van der Waals surface area contributed by atoms with E-state index >= 15 is 0 Å². The molecule has 0 bridgehead atoms. The van der Waals surface area contributed by atoms with Gasteiger partial charge in [0.05, 0.1) is 6.61 Å². The number of rotatable bonds is 9. The molecule has 1 aliphatic carbocycles. The van der Waals surface area contributed by atoms with Crippen LogP contribution in [0.5, 0.6) is 0 Å². The average molecular weight is 395 g/mol. The maximum absolute atomic E-state index is 13.0. The van der Waals surface area contributed by atoms with Gasteiger partial charge in [-0.1, -0.05) is 59.8 Å². The predicted molar refractivity (Wildman–Crippen MR) is 117 cm³/mol. The van der Waals surface area contributed by atoms with Crippen molar-refractivity contribution in [1.82, 2.24) is 9.80 Å². The number of carbonyl (C=O) groups excluding carboxylic acids is 1. The standard InChI is InChI=1S/C24H46N2O2/c1-20-14-17-25(22(18-20)19-27)15-10-5-6-11-16-26(23(28)24(2,3)4)21-12-8-7-9-13-21/h20-22,27H,5-19H2,1-4H3. The highest BCUT2D eigenvalue weighted by Crippen LogP contribution is 2.28. The largest absolute Gasteiger partial charge is 0.395 e. The summed E-state index contributed by atoms with van der Waals surface area (Å²) in [5.41, 5.74) is -0.276. The third-order valence-corrected chi connectivity index (χ3v) is 6.82.